The summed E-state index contributed by atoms with van der Waals surface area (Å²) >= 11 is 3.52. The largest absolute Gasteiger partial charge is 0.497 e. The van der Waals surface area contributed by atoms with Gasteiger partial charge in [0, 0.05) is 5.56 Å². The Kier molecular flexibility index (Phi) is 5.11. The number of ether oxygens (including phenoxy) is 1. The highest BCUT2D eigenvalue weighted by atomic mass is 79.9. The van der Waals surface area contributed by atoms with E-state index in [2.05, 4.69) is 28.1 Å². The molecule has 0 fully saturated rings. The van der Waals surface area contributed by atoms with Crippen LogP contribution < -0.4 is 4.74 Å². The van der Waals surface area contributed by atoms with Gasteiger partial charge in [0.05, 0.1) is 7.11 Å². The first-order valence-corrected chi connectivity index (χ1v) is 8.58. The molecule has 0 amide bonds. The van der Waals surface area contributed by atoms with Gasteiger partial charge in [0.15, 0.2) is 5.78 Å². The van der Waals surface area contributed by atoms with Crippen LogP contribution in [0.4, 0.5) is 0 Å². The summed E-state index contributed by atoms with van der Waals surface area (Å²) in [4.78, 5) is 12.2. The first-order valence-electron chi connectivity index (χ1n) is 7.67. The number of alkyl halides is 1. The molecule has 1 atom stereocenters. The summed E-state index contributed by atoms with van der Waals surface area (Å²) in [6, 6.07) is 25.4. The van der Waals surface area contributed by atoms with Crippen LogP contribution in [0.1, 0.15) is 20.7 Å². The van der Waals surface area contributed by atoms with Crippen LogP contribution in [-0.2, 0) is 0 Å². The molecule has 1 unspecified atom stereocenters. The van der Waals surface area contributed by atoms with Crippen molar-refractivity contribution < 1.29 is 9.53 Å². The Labute approximate surface area is 150 Å². The van der Waals surface area contributed by atoms with Crippen molar-refractivity contribution in [2.24, 2.45) is 0 Å². The summed E-state index contributed by atoms with van der Waals surface area (Å²) < 4.78 is 5.13. The first kappa shape index (κ1) is 16.5. The van der Waals surface area contributed by atoms with Gasteiger partial charge in [-0.3, -0.25) is 4.79 Å². The second-order valence-electron chi connectivity index (χ2n) is 5.44. The van der Waals surface area contributed by atoms with E-state index >= 15 is 0 Å². The molecule has 0 aliphatic rings. The summed E-state index contributed by atoms with van der Waals surface area (Å²) in [5, 5.41) is 0. The minimum Gasteiger partial charge on any atom is -0.497 e. The summed E-state index contributed by atoms with van der Waals surface area (Å²) in [7, 11) is 1.61. The summed E-state index contributed by atoms with van der Waals surface area (Å²) in [5.74, 6) is 0.773. The molecule has 3 heteroatoms. The minimum absolute atomic E-state index is 0.0325. The maximum Gasteiger partial charge on any atom is 0.180 e. The number of methoxy groups -OCH3 is 1. The van der Waals surface area contributed by atoms with Crippen LogP contribution >= 0.6 is 15.9 Å². The van der Waals surface area contributed by atoms with E-state index in [1.165, 1.54) is 0 Å². The topological polar surface area (TPSA) is 26.3 Å². The molecule has 0 aliphatic heterocycles. The molecule has 0 heterocycles. The molecule has 0 N–H and O–H groups in total. The van der Waals surface area contributed by atoms with Crippen molar-refractivity contribution in [2.75, 3.05) is 7.11 Å². The Morgan fingerprint density at radius 3 is 2.00 bits per heavy atom. The molecule has 3 aromatic carbocycles. The number of carbonyl (C=O) groups excluding carboxylic acids is 1. The smallest absolute Gasteiger partial charge is 0.180 e. The number of carbonyl (C=O) groups is 1. The number of halogens is 1. The molecule has 0 bridgehead atoms. The van der Waals surface area contributed by atoms with Gasteiger partial charge in [0.25, 0.3) is 0 Å². The van der Waals surface area contributed by atoms with E-state index in [0.29, 0.717) is 5.56 Å². The van der Waals surface area contributed by atoms with Crippen molar-refractivity contribution in [3.05, 3.63) is 90.0 Å². The Morgan fingerprint density at radius 2 is 1.42 bits per heavy atom. The fourth-order valence-corrected chi connectivity index (χ4v) is 3.10. The zero-order valence-corrected chi connectivity index (χ0v) is 14.9. The maximum atomic E-state index is 12.6. The molecule has 24 heavy (non-hydrogen) atoms. The van der Waals surface area contributed by atoms with E-state index in [9.17, 15) is 4.79 Å². The van der Waals surface area contributed by atoms with E-state index < -0.39 is 0 Å². The van der Waals surface area contributed by atoms with Crippen molar-refractivity contribution in [3.63, 3.8) is 0 Å². The molecule has 0 aromatic heterocycles. The van der Waals surface area contributed by atoms with Gasteiger partial charge in [0.1, 0.15) is 10.6 Å². The van der Waals surface area contributed by atoms with Gasteiger partial charge in [-0.15, -0.1) is 0 Å². The third kappa shape index (κ3) is 3.57. The molecule has 0 saturated heterocycles. The molecule has 3 rings (SSSR count). The summed E-state index contributed by atoms with van der Waals surface area (Å²) in [6.45, 7) is 0. The van der Waals surface area contributed by atoms with E-state index in [0.717, 1.165) is 22.4 Å². The zero-order chi connectivity index (χ0) is 16.9. The monoisotopic (exact) mass is 380 g/mol. The molecule has 0 aliphatic carbocycles. The molecule has 0 spiro atoms. The van der Waals surface area contributed by atoms with Crippen molar-refractivity contribution in [1.29, 1.82) is 0 Å². The summed E-state index contributed by atoms with van der Waals surface area (Å²) in [6.07, 6.45) is 0. The number of rotatable bonds is 5. The lowest BCUT2D eigenvalue weighted by atomic mass is 9.99. The SMILES string of the molecule is COc1ccc(C(=O)C(Br)c2ccc(-c3ccccc3)cc2)cc1. The fraction of sp³-hybridized carbons (Fsp3) is 0.0952. The predicted molar refractivity (Wildman–Crippen MR) is 101 cm³/mol. The van der Waals surface area contributed by atoms with E-state index in [-0.39, 0.29) is 10.6 Å². The van der Waals surface area contributed by atoms with Crippen LogP contribution in [0.5, 0.6) is 5.75 Å². The van der Waals surface area contributed by atoms with Crippen molar-refractivity contribution in [1.82, 2.24) is 0 Å². The van der Waals surface area contributed by atoms with Crippen LogP contribution in [-0.4, -0.2) is 12.9 Å². The van der Waals surface area contributed by atoms with Crippen LogP contribution in [0.2, 0.25) is 0 Å². The first-order chi connectivity index (χ1) is 11.7. The number of hydrogen-bond acceptors (Lipinski definition) is 2. The minimum atomic E-state index is -0.365. The molecule has 0 saturated carbocycles. The van der Waals surface area contributed by atoms with E-state index in [1.54, 1.807) is 31.4 Å². The highest BCUT2D eigenvalue weighted by Crippen LogP contribution is 2.29. The molecular formula is C21H17BrO2. The summed E-state index contributed by atoms with van der Waals surface area (Å²) in [5.41, 5.74) is 3.90. The number of benzene rings is 3. The van der Waals surface area contributed by atoms with Crippen molar-refractivity contribution in [2.45, 2.75) is 4.83 Å². The molecule has 0 radical (unpaired) electrons. The number of Topliss-reactive ketones (excluding diaryl/α,β-unsaturated/α-hetero) is 1. The third-order valence-corrected chi connectivity index (χ3v) is 4.86. The van der Waals surface area contributed by atoms with Gasteiger partial charge in [-0.2, -0.15) is 0 Å². The quantitative estimate of drug-likeness (QED) is 0.420. The fourth-order valence-electron chi connectivity index (χ4n) is 2.53. The lowest BCUT2D eigenvalue weighted by Crippen LogP contribution is -2.07. The van der Waals surface area contributed by atoms with Crippen LogP contribution in [0.15, 0.2) is 78.9 Å². The van der Waals surface area contributed by atoms with Gasteiger partial charge in [0.2, 0.25) is 0 Å². The highest BCUT2D eigenvalue weighted by molar-refractivity contribution is 9.09. The van der Waals surface area contributed by atoms with Gasteiger partial charge >= 0.3 is 0 Å². The van der Waals surface area contributed by atoms with Gasteiger partial charge in [-0.05, 0) is 41.0 Å². The standard InChI is InChI=1S/C21H17BrO2/c1-24-19-13-11-18(12-14-19)21(23)20(22)17-9-7-16(8-10-17)15-5-3-2-4-6-15/h2-14,20H,1H3. The number of ketones is 1. The van der Waals surface area contributed by atoms with Crippen LogP contribution in [0.25, 0.3) is 11.1 Å². The Hall–Kier alpha value is -2.39. The van der Waals surface area contributed by atoms with Crippen LogP contribution in [0, 0.1) is 0 Å². The second kappa shape index (κ2) is 7.45. The predicted octanol–water partition coefficient (Wildman–Crippen LogP) is 5.68. The van der Waals surface area contributed by atoms with Crippen molar-refractivity contribution >= 4 is 21.7 Å². The van der Waals surface area contributed by atoms with E-state index in [4.69, 9.17) is 4.74 Å². The molecule has 2 nitrogen and oxygen atoms in total. The molecule has 3 aromatic rings. The normalized spacial score (nSPS) is 11.8. The molecular weight excluding hydrogens is 364 g/mol. The average Bonchev–Trinajstić information content (AvgIpc) is 2.68. The van der Waals surface area contributed by atoms with E-state index in [1.807, 2.05) is 42.5 Å². The lowest BCUT2D eigenvalue weighted by molar-refractivity contribution is 0.0991. The Morgan fingerprint density at radius 1 is 0.833 bits per heavy atom. The zero-order valence-electron chi connectivity index (χ0n) is 13.3. The second-order valence-corrected chi connectivity index (χ2v) is 6.36. The van der Waals surface area contributed by atoms with Crippen LogP contribution in [0.3, 0.4) is 0 Å². The highest BCUT2D eigenvalue weighted by Gasteiger charge is 2.19. The Balaban J connectivity index is 1.79. The van der Waals surface area contributed by atoms with Gasteiger partial charge in [-0.25, -0.2) is 0 Å². The Bertz CT molecular complexity index is 809. The molecule has 120 valence electrons. The third-order valence-electron chi connectivity index (χ3n) is 3.92. The van der Waals surface area contributed by atoms with Gasteiger partial charge < -0.3 is 4.74 Å². The van der Waals surface area contributed by atoms with Gasteiger partial charge in [-0.1, -0.05) is 70.5 Å². The lowest BCUT2D eigenvalue weighted by Gasteiger charge is -2.11. The number of hydrogen-bond donors (Lipinski definition) is 0. The van der Waals surface area contributed by atoms with Crippen molar-refractivity contribution in [3.8, 4) is 16.9 Å². The average molecular weight is 381 g/mol. The maximum absolute atomic E-state index is 12.6.